The Balaban J connectivity index is 0.00000120. The predicted molar refractivity (Wildman–Crippen MR) is 248 cm³/mol. The smallest absolute Gasteiger partial charge is 0.490 e. The summed E-state index contributed by atoms with van der Waals surface area (Å²) < 4.78 is 85.8. The molecule has 0 saturated heterocycles. The zero-order valence-corrected chi connectivity index (χ0v) is 40.9. The van der Waals surface area contributed by atoms with E-state index < -0.39 is 104 Å². The van der Waals surface area contributed by atoms with E-state index in [9.17, 15) is 66.3 Å². The van der Waals surface area contributed by atoms with Gasteiger partial charge in [-0.1, -0.05) is 35.5 Å². The molecule has 0 aliphatic carbocycles. The van der Waals surface area contributed by atoms with E-state index in [4.69, 9.17) is 67.2 Å². The molecule has 0 radical (unpaired) electrons. The molecular formula is C44H46ClF6N9O14S. The normalized spacial score (nSPS) is 13.8. The van der Waals surface area contributed by atoms with Crippen molar-refractivity contribution in [1.29, 1.82) is 10.5 Å². The fourth-order valence-electron chi connectivity index (χ4n) is 5.28. The number of carbonyl (C=O) groups is 6. The van der Waals surface area contributed by atoms with Crippen LogP contribution in [-0.2, 0) is 44.0 Å². The van der Waals surface area contributed by atoms with Gasteiger partial charge < -0.3 is 66.9 Å². The number of hydrogen-bond acceptors (Lipinski definition) is 20. The number of carboxylic acids is 2. The zero-order valence-electron chi connectivity index (χ0n) is 39.3. The topological polar surface area (TPSA) is 400 Å². The molecule has 7 atom stereocenters. The number of aromatic nitrogens is 2. The molecule has 0 aliphatic rings. The number of anilines is 1. The summed E-state index contributed by atoms with van der Waals surface area (Å²) in [6.07, 6.45) is -12.9. The molecule has 4 rings (SSSR count). The number of esters is 2. The number of nitrogen functional groups attached to an aromatic ring is 1. The summed E-state index contributed by atoms with van der Waals surface area (Å²) in [6, 6.07) is 12.1. The predicted octanol–water partition coefficient (Wildman–Crippen LogP) is 3.20. The van der Waals surface area contributed by atoms with E-state index in [1.807, 2.05) is 6.07 Å². The van der Waals surface area contributed by atoms with Crippen LogP contribution in [0.3, 0.4) is 0 Å². The highest BCUT2D eigenvalue weighted by Gasteiger charge is 2.39. The second-order valence-electron chi connectivity index (χ2n) is 15.3. The first kappa shape index (κ1) is 63.4. The Morgan fingerprint density at radius 3 is 1.67 bits per heavy atom. The minimum absolute atomic E-state index is 0.0359. The van der Waals surface area contributed by atoms with Crippen molar-refractivity contribution in [3.05, 3.63) is 76.6 Å². The summed E-state index contributed by atoms with van der Waals surface area (Å²) in [6.45, 7) is 4.08. The van der Waals surface area contributed by atoms with Gasteiger partial charge >= 0.3 is 36.2 Å². The number of ether oxygens (including phenoxy) is 3. The summed E-state index contributed by atoms with van der Waals surface area (Å²) in [4.78, 5) is 77.3. The lowest BCUT2D eigenvalue weighted by molar-refractivity contribution is -0.193. The zero-order chi connectivity index (χ0) is 57.1. The number of halogens is 7. The van der Waals surface area contributed by atoms with Gasteiger partial charge in [0.1, 0.15) is 53.8 Å². The van der Waals surface area contributed by atoms with Crippen LogP contribution in [0.1, 0.15) is 44.5 Å². The summed E-state index contributed by atoms with van der Waals surface area (Å²) in [5.74, 6) is -8.53. The van der Waals surface area contributed by atoms with Crippen LogP contribution in [0.5, 0.6) is 5.75 Å². The van der Waals surface area contributed by atoms with E-state index in [0.29, 0.717) is 27.7 Å². The largest absolute Gasteiger partial charge is 0.490 e. The second-order valence-corrected chi connectivity index (χ2v) is 16.7. The molecule has 0 bridgehead atoms. The van der Waals surface area contributed by atoms with Crippen LogP contribution in [-0.4, -0.2) is 134 Å². The molecule has 31 heteroatoms. The van der Waals surface area contributed by atoms with Gasteiger partial charge in [0.2, 0.25) is 17.7 Å². The van der Waals surface area contributed by atoms with Crippen LogP contribution in [0, 0.1) is 22.7 Å². The molecule has 2 heterocycles. The molecule has 2 amide bonds. The minimum Gasteiger partial charge on any atom is -0.490 e. The number of alkyl halides is 6. The van der Waals surface area contributed by atoms with Crippen molar-refractivity contribution >= 4 is 64.9 Å². The highest BCUT2D eigenvalue weighted by molar-refractivity contribution is 7.98. The maximum Gasteiger partial charge on any atom is 0.490 e. The molecule has 2 aromatic heterocycles. The molecular weight excluding hydrogens is 1060 g/mol. The summed E-state index contributed by atoms with van der Waals surface area (Å²) in [5, 5.41) is 60.4. The maximum atomic E-state index is 13.2. The Bertz CT molecular complexity index is 2690. The standard InChI is InChI=1S/C40H44ClN9O10S.2C2HF3O2/c1-19(44)35(53)48-32(21(3)51)39(55)59-17-28(60-40(56)33(22(4)52)49-36(54)20(2)45)16-57-27-11-7-23(8-12-27)31-29(13-42)34(46)50-38(30(31)14-43)61-18-26-15-58-37(47-26)24-5-9-25(41)10-6-24;2*3-2(4,5)1(6)7/h5-12,15,19-22,28,32-33,51-52H,16-18,44-45H2,1-4H3,(H2,46,50)(H,48,53)(H,49,54);2*(H,6,7)/t19-,20-,21+,22?,28-,32-,33?;;/m0../s1. The number of nitriles is 2. The van der Waals surface area contributed by atoms with Gasteiger partial charge in [-0.2, -0.15) is 36.9 Å². The number of carbonyl (C=O) groups excluding carboxylic acids is 4. The highest BCUT2D eigenvalue weighted by atomic mass is 35.5. The second kappa shape index (κ2) is 28.6. The number of nitrogens with two attached hydrogens (primary N) is 3. The van der Waals surface area contributed by atoms with Crippen molar-refractivity contribution in [3.63, 3.8) is 0 Å². The van der Waals surface area contributed by atoms with Gasteiger partial charge in [0.25, 0.3) is 0 Å². The number of rotatable bonds is 19. The number of hydrogen-bond donors (Lipinski definition) is 9. The Morgan fingerprint density at radius 1 is 0.760 bits per heavy atom. The number of amides is 2. The van der Waals surface area contributed by atoms with Crippen LogP contribution in [0.25, 0.3) is 22.6 Å². The number of nitrogens with zero attached hydrogens (tertiary/aromatic N) is 4. The number of nitrogens with one attached hydrogen (secondary N) is 2. The molecule has 0 spiro atoms. The van der Waals surface area contributed by atoms with Gasteiger partial charge in [0.15, 0.2) is 18.2 Å². The number of aliphatic hydroxyl groups excluding tert-OH is 2. The van der Waals surface area contributed by atoms with Crippen LogP contribution < -0.4 is 32.6 Å². The number of oxazole rings is 1. The van der Waals surface area contributed by atoms with E-state index in [2.05, 4.69) is 26.7 Å². The number of aliphatic carboxylic acids is 2. The Morgan fingerprint density at radius 2 is 1.23 bits per heavy atom. The first-order valence-corrected chi connectivity index (χ1v) is 22.3. The van der Waals surface area contributed by atoms with Crippen LogP contribution >= 0.6 is 23.4 Å². The van der Waals surface area contributed by atoms with Crippen molar-refractivity contribution in [2.45, 2.75) is 93.3 Å². The van der Waals surface area contributed by atoms with Gasteiger partial charge in [-0.05, 0) is 69.7 Å². The first-order valence-electron chi connectivity index (χ1n) is 21.0. The van der Waals surface area contributed by atoms with Crippen LogP contribution in [0.15, 0.2) is 64.2 Å². The van der Waals surface area contributed by atoms with Crippen molar-refractivity contribution in [3.8, 4) is 40.5 Å². The molecule has 2 unspecified atom stereocenters. The number of aliphatic hydroxyl groups is 2. The Hall–Kier alpha value is -7.74. The average molecular weight is 1110 g/mol. The Labute approximate surface area is 429 Å². The summed E-state index contributed by atoms with van der Waals surface area (Å²) in [5.41, 5.74) is 19.3. The summed E-state index contributed by atoms with van der Waals surface area (Å²) in [7, 11) is 0. The van der Waals surface area contributed by atoms with Gasteiger partial charge in [0, 0.05) is 21.9 Å². The molecule has 0 aliphatic heterocycles. The van der Waals surface area contributed by atoms with Gasteiger partial charge in [-0.3, -0.25) is 9.59 Å². The highest BCUT2D eigenvalue weighted by Crippen LogP contribution is 2.37. The van der Waals surface area contributed by atoms with Crippen LogP contribution in [0.4, 0.5) is 32.2 Å². The molecule has 75 heavy (non-hydrogen) atoms. The van der Waals surface area contributed by atoms with E-state index in [-0.39, 0.29) is 39.0 Å². The third-order valence-electron chi connectivity index (χ3n) is 9.07. The molecule has 23 nitrogen and oxygen atoms in total. The lowest BCUT2D eigenvalue weighted by atomic mass is 9.97. The quantitative estimate of drug-likeness (QED) is 0.0370. The number of carboxylic acid groups (broad SMARTS) is 2. The molecule has 12 N–H and O–H groups in total. The van der Waals surface area contributed by atoms with E-state index in [0.717, 1.165) is 0 Å². The van der Waals surface area contributed by atoms with Gasteiger partial charge in [-0.25, -0.2) is 29.1 Å². The number of thioether (sulfide) groups is 1. The number of pyridine rings is 1. The fourth-order valence-corrected chi connectivity index (χ4v) is 6.28. The monoisotopic (exact) mass is 1110 g/mol. The van der Waals surface area contributed by atoms with Crippen molar-refractivity contribution in [2.75, 3.05) is 18.9 Å². The van der Waals surface area contributed by atoms with Crippen molar-refractivity contribution in [2.24, 2.45) is 11.5 Å². The van der Waals surface area contributed by atoms with E-state index in [1.165, 1.54) is 57.9 Å². The van der Waals surface area contributed by atoms with Crippen LogP contribution in [0.2, 0.25) is 5.02 Å². The van der Waals surface area contributed by atoms with E-state index >= 15 is 0 Å². The maximum absolute atomic E-state index is 13.2. The summed E-state index contributed by atoms with van der Waals surface area (Å²) >= 11 is 7.15. The van der Waals surface area contributed by atoms with E-state index in [1.54, 1.807) is 36.4 Å². The lowest BCUT2D eigenvalue weighted by Gasteiger charge is -2.26. The third kappa shape index (κ3) is 20.2. The SMILES string of the molecule is CC(O)C(NC(=O)[C@H](C)N)C(=O)O[C@H](COC(=O)[C@@H](NC(=O)[C@H](C)N)[C@@H](C)O)COc1ccc(-c2c(C#N)c(N)nc(SCc3coc(-c4ccc(Cl)cc4)n3)c2C#N)cc1.O=C(O)C(F)(F)F.O=C(O)C(F)(F)F. The van der Waals surface area contributed by atoms with Gasteiger partial charge in [-0.15, -0.1) is 0 Å². The molecule has 406 valence electrons. The molecule has 0 saturated carbocycles. The van der Waals surface area contributed by atoms with Crippen molar-refractivity contribution in [1.82, 2.24) is 20.6 Å². The fraction of sp³-hybridized carbons (Fsp3) is 0.364. The minimum atomic E-state index is -5.08. The molecule has 0 fully saturated rings. The average Bonchev–Trinajstić information content (AvgIpc) is 3.81. The van der Waals surface area contributed by atoms with Gasteiger partial charge in [0.05, 0.1) is 35.5 Å². The third-order valence-corrected chi connectivity index (χ3v) is 10.3. The van der Waals surface area contributed by atoms with Crippen molar-refractivity contribution < 1.29 is 94.2 Å². The Kier molecular flexibility index (Phi) is 24.2. The first-order chi connectivity index (χ1) is 34.8. The number of benzene rings is 2. The lowest BCUT2D eigenvalue weighted by Crippen LogP contribution is -2.54. The molecule has 2 aromatic carbocycles. The molecule has 4 aromatic rings.